The van der Waals surface area contributed by atoms with Crippen molar-refractivity contribution in [3.8, 4) is 44.5 Å². The molecule has 20 rings (SSSR count). The van der Waals surface area contributed by atoms with Gasteiger partial charge in [0.25, 0.3) is 0 Å². The third-order valence-electron chi connectivity index (χ3n) is 22.9. The van der Waals surface area contributed by atoms with Crippen LogP contribution >= 0.6 is 0 Å². The van der Waals surface area contributed by atoms with Crippen LogP contribution in [-0.2, 0) is 28.2 Å². The standard InChI is InChI=1S/2C24H23BN3O.2C23H21BN3O/c1-16-15-27(3)22(14-20(16)18-9-6-5-7-10-18)25-17(2)13-21-19-11-8-12-26-23(19)29-24(21)28(25)4;1-16-13-22(27(3)15-21(16)18-9-6-5-7-10-18)25-17(2)14-20-19-11-8-12-26-23(19)29-24(20)28(25)4;1-16-14-20-22(19-10-7-12-25-23(19)28-20)27(3)24(16)21-15-18(11-13-26(21)2)17-8-5-4-6-9-17;1-16-14-20-19-10-7-12-25-22(19)28-23(20)27(3)24(16)21-15-18(11-13-26(21)2)17-8-5-4-6-9-17/h2*5-15H,1-4H3;2*4-15H,1-3H3/q4*+1. The number of aromatic nitrogens is 8. The number of nitrogens with zero attached hydrogens (tertiary/aromatic N) is 12. The Morgan fingerprint density at radius 3 is 1.06 bits per heavy atom. The van der Waals surface area contributed by atoms with E-state index in [9.17, 15) is 0 Å². The first-order valence-electron chi connectivity index (χ1n) is 38.7. The molecule has 12 aromatic heterocycles. The van der Waals surface area contributed by atoms with Gasteiger partial charge in [0.2, 0.25) is 22.9 Å². The Bertz CT molecular complexity index is 6510. The smallest absolute Gasteiger partial charge is 0.401 e. The fraction of sp³-hybridized carbons (Fsp3) is 0.149. The van der Waals surface area contributed by atoms with E-state index in [0.717, 1.165) is 67.3 Å². The maximum Gasteiger partial charge on any atom is 0.401 e. The van der Waals surface area contributed by atoms with Crippen molar-refractivity contribution < 1.29 is 35.9 Å². The first-order valence-corrected chi connectivity index (χ1v) is 38.7. The van der Waals surface area contributed by atoms with Crippen molar-refractivity contribution in [2.75, 3.05) is 47.4 Å². The van der Waals surface area contributed by atoms with Crippen molar-refractivity contribution in [2.24, 2.45) is 28.2 Å². The summed E-state index contributed by atoms with van der Waals surface area (Å²) in [4.78, 5) is 26.5. The molecular weight excluding hydrogens is 1400 g/mol. The van der Waals surface area contributed by atoms with Crippen molar-refractivity contribution in [3.05, 3.63) is 311 Å². The molecule has 556 valence electrons. The number of pyridine rings is 8. The van der Waals surface area contributed by atoms with E-state index in [4.69, 9.17) is 17.7 Å². The molecule has 0 N–H and O–H groups in total. The SMILES string of the molecule is CC1=Cc2c(oc3ncccc23)N(C)B1c1cc(-c2ccccc2)c(C)c[n+]1C.CC1=Cc2c(oc3ncccc23)N(C)B1c1cc(-c2ccccc2)cc[n+]1C.CC1=Cc2c(oc3ncccc23)N(C)B1c1cc(C)c(-c2ccccc2)c[n+]1C.CC1=Cc2oc3ncccc3c2N(C)B1c1cc(-c2ccccc2)cc[n+]1C. The van der Waals surface area contributed by atoms with E-state index in [-0.39, 0.29) is 27.4 Å². The summed E-state index contributed by atoms with van der Waals surface area (Å²) in [5, 5.41) is 4.23. The summed E-state index contributed by atoms with van der Waals surface area (Å²) < 4.78 is 33.3. The van der Waals surface area contributed by atoms with Crippen LogP contribution in [0.3, 0.4) is 0 Å². The maximum absolute atomic E-state index is 6.14. The normalized spacial score (nSPS) is 13.6. The topological polar surface area (TPSA) is 133 Å². The third kappa shape index (κ3) is 13.4. The number of fused-ring (bicyclic) bond motifs is 12. The van der Waals surface area contributed by atoms with Gasteiger partial charge in [0.05, 0.1) is 11.1 Å². The van der Waals surface area contributed by atoms with Gasteiger partial charge >= 0.3 is 27.4 Å². The molecule has 16 heterocycles. The van der Waals surface area contributed by atoms with Gasteiger partial charge in [0, 0.05) is 105 Å². The zero-order valence-corrected chi connectivity index (χ0v) is 66.9. The minimum atomic E-state index is 0.0936. The number of hydrogen-bond donors (Lipinski definition) is 0. The molecule has 20 heteroatoms. The lowest BCUT2D eigenvalue weighted by molar-refractivity contribution is -0.654. The minimum absolute atomic E-state index is 0.0936. The molecule has 16 aromatic rings. The second-order valence-electron chi connectivity index (χ2n) is 30.5. The van der Waals surface area contributed by atoms with E-state index < -0.39 is 0 Å². The van der Waals surface area contributed by atoms with Crippen molar-refractivity contribution >= 4 is 142 Å². The lowest BCUT2D eigenvalue weighted by atomic mass is 9.49. The molecule has 0 radical (unpaired) electrons. The molecule has 0 unspecified atom stereocenters. The van der Waals surface area contributed by atoms with Gasteiger partial charge in [-0.05, 0) is 169 Å². The Morgan fingerprint density at radius 2 is 0.640 bits per heavy atom. The maximum atomic E-state index is 6.14. The molecule has 0 saturated carbocycles. The Morgan fingerprint density at radius 1 is 0.298 bits per heavy atom. The molecule has 4 aromatic carbocycles. The number of aryl methyl sites for hydroxylation is 6. The number of furan rings is 4. The van der Waals surface area contributed by atoms with Gasteiger partial charge in [0.15, 0.2) is 70.6 Å². The van der Waals surface area contributed by atoms with Crippen molar-refractivity contribution in [3.63, 3.8) is 0 Å². The van der Waals surface area contributed by atoms with E-state index in [0.29, 0.717) is 22.9 Å². The first-order chi connectivity index (χ1) is 55.3. The Balaban J connectivity index is 0.000000110. The Kier molecular flexibility index (Phi) is 19.6. The van der Waals surface area contributed by atoms with Crippen LogP contribution in [0.1, 0.15) is 61.3 Å². The first kappa shape index (κ1) is 73.5. The molecular formula is C94H88B4N12O4+4. The van der Waals surface area contributed by atoms with Crippen LogP contribution in [0, 0.1) is 13.8 Å². The lowest BCUT2D eigenvalue weighted by Crippen LogP contribution is -2.62. The molecule has 4 aliphatic heterocycles. The zero-order valence-electron chi connectivity index (χ0n) is 66.9. The predicted molar refractivity (Wildman–Crippen MR) is 467 cm³/mol. The molecule has 0 fully saturated rings. The van der Waals surface area contributed by atoms with Gasteiger partial charge < -0.3 is 36.9 Å². The molecule has 0 amide bonds. The number of hydrogen-bond acceptors (Lipinski definition) is 12. The van der Waals surface area contributed by atoms with Gasteiger partial charge in [-0.15, -0.1) is 0 Å². The van der Waals surface area contributed by atoms with Crippen molar-refractivity contribution in [1.29, 1.82) is 0 Å². The van der Waals surface area contributed by atoms with Crippen LogP contribution in [0.2, 0.25) is 0 Å². The fourth-order valence-electron chi connectivity index (χ4n) is 17.4. The summed E-state index contributed by atoms with van der Waals surface area (Å²) in [5.74, 6) is 3.50. The largest absolute Gasteiger partial charge is 0.436 e. The summed E-state index contributed by atoms with van der Waals surface area (Å²) in [6.07, 6.45) is 24.7. The second-order valence-corrected chi connectivity index (χ2v) is 30.5. The van der Waals surface area contributed by atoms with Gasteiger partial charge in [-0.25, -0.2) is 38.2 Å². The van der Waals surface area contributed by atoms with Crippen LogP contribution < -0.4 is 59.9 Å². The van der Waals surface area contributed by atoms with Gasteiger partial charge in [0.1, 0.15) is 28.2 Å². The fourth-order valence-corrected chi connectivity index (χ4v) is 17.4. The van der Waals surface area contributed by atoms with E-state index in [1.54, 1.807) is 24.8 Å². The number of anilines is 4. The number of benzene rings is 4. The molecule has 0 bridgehead atoms. The van der Waals surface area contributed by atoms with Gasteiger partial charge in [-0.2, -0.15) is 0 Å². The monoisotopic (exact) mass is 1490 g/mol. The Labute approximate surface area is 666 Å². The summed E-state index contributed by atoms with van der Waals surface area (Å²) in [6.45, 7) is 13.5. The highest BCUT2D eigenvalue weighted by Crippen LogP contribution is 2.42. The zero-order chi connectivity index (χ0) is 78.7. The summed E-state index contributed by atoms with van der Waals surface area (Å²) in [5.41, 5.74) is 29.6. The highest BCUT2D eigenvalue weighted by Gasteiger charge is 2.44. The van der Waals surface area contributed by atoms with Crippen LogP contribution in [0.5, 0.6) is 0 Å². The summed E-state index contributed by atoms with van der Waals surface area (Å²) in [7, 11) is 16.9. The van der Waals surface area contributed by atoms with Crippen LogP contribution in [0.25, 0.3) is 113 Å². The average Bonchev–Trinajstić information content (AvgIpc) is 1.56. The molecule has 0 aliphatic carbocycles. The van der Waals surface area contributed by atoms with E-state index >= 15 is 0 Å². The summed E-state index contributed by atoms with van der Waals surface area (Å²) >= 11 is 0. The summed E-state index contributed by atoms with van der Waals surface area (Å²) in [6, 6.07) is 71.8. The van der Waals surface area contributed by atoms with Crippen LogP contribution in [-0.4, -0.2) is 75.5 Å². The molecule has 0 spiro atoms. The Hall–Kier alpha value is -13.3. The van der Waals surface area contributed by atoms with Gasteiger partial charge in [-0.1, -0.05) is 161 Å². The minimum Gasteiger partial charge on any atom is -0.436 e. The van der Waals surface area contributed by atoms with E-state index in [1.807, 2.05) is 30.3 Å². The quantitative estimate of drug-likeness (QED) is 0.106. The molecule has 0 atom stereocenters. The third-order valence-corrected chi connectivity index (χ3v) is 22.9. The molecule has 16 nitrogen and oxygen atoms in total. The average molecular weight is 1490 g/mol. The van der Waals surface area contributed by atoms with Gasteiger partial charge in [-0.3, -0.25) is 0 Å². The van der Waals surface area contributed by atoms with Crippen molar-refractivity contribution in [1.82, 2.24) is 19.9 Å². The molecule has 0 saturated heterocycles. The number of allylic oxidation sites excluding steroid dienone is 4. The van der Waals surface area contributed by atoms with Crippen molar-refractivity contribution in [2.45, 2.75) is 41.5 Å². The number of rotatable bonds is 8. The molecule has 4 aliphatic rings. The second kappa shape index (κ2) is 30.4. The highest BCUT2D eigenvalue weighted by atomic mass is 16.4. The molecule has 114 heavy (non-hydrogen) atoms. The predicted octanol–water partition coefficient (Wildman–Crippen LogP) is 15.1. The highest BCUT2D eigenvalue weighted by molar-refractivity contribution is 6.84. The lowest BCUT2D eigenvalue weighted by Gasteiger charge is -2.29. The van der Waals surface area contributed by atoms with Crippen LogP contribution in [0.4, 0.5) is 23.3 Å². The van der Waals surface area contributed by atoms with E-state index in [1.165, 1.54) is 99.9 Å². The van der Waals surface area contributed by atoms with E-state index in [2.05, 4.69) is 380 Å². The van der Waals surface area contributed by atoms with Crippen LogP contribution in [0.15, 0.2) is 295 Å².